The third-order valence-corrected chi connectivity index (χ3v) is 2.53. The monoisotopic (exact) mass is 228 g/mol. The van der Waals surface area contributed by atoms with E-state index in [2.05, 4.69) is 16.4 Å². The van der Waals surface area contributed by atoms with E-state index in [9.17, 15) is 0 Å². The minimum atomic E-state index is 0.302. The van der Waals surface area contributed by atoms with Gasteiger partial charge in [0.1, 0.15) is 5.75 Å². The summed E-state index contributed by atoms with van der Waals surface area (Å²) in [6.45, 7) is 3.63. The maximum atomic E-state index is 9.16. The quantitative estimate of drug-likeness (QED) is 0.844. The van der Waals surface area contributed by atoms with Gasteiger partial charge in [0.25, 0.3) is 0 Å². The third kappa shape index (κ3) is 3.57. The van der Waals surface area contributed by atoms with Gasteiger partial charge in [0.05, 0.1) is 0 Å². The molecule has 0 aliphatic rings. The number of phenolic OH excluding ortho intramolecular Hbond substituents is 1. The van der Waals surface area contributed by atoms with Gasteiger partial charge < -0.3 is 10.4 Å². The summed E-state index contributed by atoms with van der Waals surface area (Å²) in [5.41, 5.74) is 3.51. The molecule has 0 unspecified atom stereocenters. The lowest BCUT2D eigenvalue weighted by Gasteiger charge is -2.05. The zero-order valence-corrected chi connectivity index (χ0v) is 9.85. The normalized spacial score (nSPS) is 10.4. The van der Waals surface area contributed by atoms with Gasteiger partial charge in [-0.15, -0.1) is 0 Å². The van der Waals surface area contributed by atoms with Crippen LogP contribution in [0.3, 0.4) is 0 Å². The topological polar surface area (TPSA) is 45.2 Å². The molecule has 0 saturated heterocycles. The zero-order chi connectivity index (χ0) is 12.1. The second kappa shape index (κ2) is 5.46. The van der Waals surface area contributed by atoms with Gasteiger partial charge >= 0.3 is 0 Å². The number of pyridine rings is 1. The second-order valence-corrected chi connectivity index (χ2v) is 4.14. The molecule has 0 atom stereocenters. The van der Waals surface area contributed by atoms with Gasteiger partial charge in [-0.1, -0.05) is 18.2 Å². The Morgan fingerprint density at radius 1 is 1.06 bits per heavy atom. The maximum absolute atomic E-state index is 9.16. The number of phenols is 1. The largest absolute Gasteiger partial charge is 0.508 e. The van der Waals surface area contributed by atoms with Crippen molar-refractivity contribution in [1.82, 2.24) is 10.3 Å². The summed E-state index contributed by atoms with van der Waals surface area (Å²) >= 11 is 0. The highest BCUT2D eigenvalue weighted by Gasteiger charge is 1.95. The fourth-order valence-electron chi connectivity index (χ4n) is 1.68. The van der Waals surface area contributed by atoms with E-state index in [0.29, 0.717) is 5.75 Å². The van der Waals surface area contributed by atoms with Crippen molar-refractivity contribution in [2.75, 3.05) is 0 Å². The maximum Gasteiger partial charge on any atom is 0.115 e. The van der Waals surface area contributed by atoms with E-state index in [1.165, 1.54) is 11.1 Å². The van der Waals surface area contributed by atoms with Crippen molar-refractivity contribution >= 4 is 0 Å². The Balaban J connectivity index is 1.85. The number of aromatic hydroxyl groups is 1. The second-order valence-electron chi connectivity index (χ2n) is 4.14. The number of hydrogen-bond acceptors (Lipinski definition) is 3. The Hall–Kier alpha value is -1.87. The van der Waals surface area contributed by atoms with Crippen molar-refractivity contribution in [1.29, 1.82) is 0 Å². The van der Waals surface area contributed by atoms with Crippen LogP contribution in [-0.4, -0.2) is 10.1 Å². The van der Waals surface area contributed by atoms with Crippen molar-refractivity contribution in [2.24, 2.45) is 0 Å². The number of rotatable bonds is 4. The lowest BCUT2D eigenvalue weighted by Crippen LogP contribution is -2.12. The van der Waals surface area contributed by atoms with Gasteiger partial charge in [-0.05, 0) is 35.7 Å². The highest BCUT2D eigenvalue weighted by molar-refractivity contribution is 5.25. The summed E-state index contributed by atoms with van der Waals surface area (Å²) in [4.78, 5) is 4.15. The molecule has 3 nitrogen and oxygen atoms in total. The first-order chi connectivity index (χ1) is 8.24. The van der Waals surface area contributed by atoms with Crippen LogP contribution in [0, 0.1) is 6.92 Å². The molecule has 0 saturated carbocycles. The summed E-state index contributed by atoms with van der Waals surface area (Å²) < 4.78 is 0. The Morgan fingerprint density at radius 2 is 1.76 bits per heavy atom. The average Bonchev–Trinajstić information content (AvgIpc) is 2.32. The first kappa shape index (κ1) is 11.6. The van der Waals surface area contributed by atoms with Gasteiger partial charge in [0.15, 0.2) is 0 Å². The van der Waals surface area contributed by atoms with Gasteiger partial charge in [-0.25, -0.2) is 0 Å². The van der Waals surface area contributed by atoms with Crippen LogP contribution in [0.15, 0.2) is 42.7 Å². The molecule has 0 spiro atoms. The lowest BCUT2D eigenvalue weighted by molar-refractivity contribution is 0.475. The highest BCUT2D eigenvalue weighted by Crippen LogP contribution is 2.09. The number of aromatic nitrogens is 1. The van der Waals surface area contributed by atoms with E-state index in [1.807, 2.05) is 31.5 Å². The van der Waals surface area contributed by atoms with E-state index >= 15 is 0 Å². The van der Waals surface area contributed by atoms with Crippen LogP contribution in [0.5, 0.6) is 5.75 Å². The standard InChI is InChI=1S/C14H16N2O/c1-11-6-13(9-15-7-11)10-16-8-12-2-4-14(17)5-3-12/h2-7,9,16-17H,8,10H2,1H3. The molecule has 2 rings (SSSR count). The Morgan fingerprint density at radius 3 is 2.47 bits per heavy atom. The van der Waals surface area contributed by atoms with Crippen LogP contribution in [0.1, 0.15) is 16.7 Å². The molecule has 1 aromatic carbocycles. The van der Waals surface area contributed by atoms with Crippen LogP contribution >= 0.6 is 0 Å². The van der Waals surface area contributed by atoms with Crippen LogP contribution in [0.2, 0.25) is 0 Å². The number of hydrogen-bond donors (Lipinski definition) is 2. The SMILES string of the molecule is Cc1cncc(CNCc2ccc(O)cc2)c1. The third-order valence-electron chi connectivity index (χ3n) is 2.53. The number of benzene rings is 1. The molecular weight excluding hydrogens is 212 g/mol. The van der Waals surface area contributed by atoms with Crippen molar-refractivity contribution in [3.8, 4) is 5.75 Å². The van der Waals surface area contributed by atoms with Crippen molar-refractivity contribution in [2.45, 2.75) is 20.0 Å². The van der Waals surface area contributed by atoms with E-state index in [1.54, 1.807) is 12.1 Å². The zero-order valence-electron chi connectivity index (χ0n) is 9.85. The highest BCUT2D eigenvalue weighted by atomic mass is 16.3. The van der Waals surface area contributed by atoms with E-state index in [-0.39, 0.29) is 0 Å². The minimum Gasteiger partial charge on any atom is -0.508 e. The molecule has 0 bridgehead atoms. The molecule has 88 valence electrons. The van der Waals surface area contributed by atoms with Crippen LogP contribution in [-0.2, 0) is 13.1 Å². The van der Waals surface area contributed by atoms with Crippen molar-refractivity contribution in [3.63, 3.8) is 0 Å². The molecule has 0 radical (unpaired) electrons. The van der Waals surface area contributed by atoms with Gasteiger partial charge in [0.2, 0.25) is 0 Å². The molecule has 0 amide bonds. The lowest BCUT2D eigenvalue weighted by atomic mass is 10.2. The molecule has 0 aliphatic carbocycles. The summed E-state index contributed by atoms with van der Waals surface area (Å²) in [6.07, 6.45) is 3.72. The number of aryl methyl sites for hydroxylation is 1. The predicted molar refractivity (Wildman–Crippen MR) is 67.6 cm³/mol. The Kier molecular flexibility index (Phi) is 3.73. The van der Waals surface area contributed by atoms with Gasteiger partial charge in [-0.3, -0.25) is 4.98 Å². The molecule has 0 fully saturated rings. The summed E-state index contributed by atoms with van der Waals surface area (Å²) in [5.74, 6) is 0.302. The molecule has 0 aliphatic heterocycles. The fourth-order valence-corrected chi connectivity index (χ4v) is 1.68. The fraction of sp³-hybridized carbons (Fsp3) is 0.214. The van der Waals surface area contributed by atoms with Crippen LogP contribution in [0.4, 0.5) is 0 Å². The summed E-state index contributed by atoms with van der Waals surface area (Å²) in [6, 6.07) is 9.35. The molecule has 3 heteroatoms. The Labute approximate surface area is 101 Å². The molecule has 1 heterocycles. The predicted octanol–water partition coefficient (Wildman–Crippen LogP) is 2.39. The van der Waals surface area contributed by atoms with Crippen LogP contribution in [0.25, 0.3) is 0 Å². The smallest absolute Gasteiger partial charge is 0.115 e. The average molecular weight is 228 g/mol. The first-order valence-electron chi connectivity index (χ1n) is 5.63. The molecule has 17 heavy (non-hydrogen) atoms. The van der Waals surface area contributed by atoms with Gasteiger partial charge in [0, 0.05) is 25.5 Å². The summed E-state index contributed by atoms with van der Waals surface area (Å²) in [5, 5.41) is 12.5. The number of nitrogens with one attached hydrogen (secondary N) is 1. The molecular formula is C14H16N2O. The van der Waals surface area contributed by atoms with Crippen molar-refractivity contribution < 1.29 is 5.11 Å². The molecule has 1 aromatic heterocycles. The Bertz CT molecular complexity index is 480. The van der Waals surface area contributed by atoms with E-state index < -0.39 is 0 Å². The minimum absolute atomic E-state index is 0.302. The van der Waals surface area contributed by atoms with E-state index in [4.69, 9.17) is 5.11 Å². The van der Waals surface area contributed by atoms with Crippen LogP contribution < -0.4 is 5.32 Å². The molecule has 2 N–H and O–H groups in total. The van der Waals surface area contributed by atoms with Gasteiger partial charge in [-0.2, -0.15) is 0 Å². The number of nitrogens with zero attached hydrogens (tertiary/aromatic N) is 1. The van der Waals surface area contributed by atoms with E-state index in [0.717, 1.165) is 18.7 Å². The first-order valence-corrected chi connectivity index (χ1v) is 5.63. The summed E-state index contributed by atoms with van der Waals surface area (Å²) in [7, 11) is 0. The molecule has 2 aromatic rings. The van der Waals surface area contributed by atoms with Crippen molar-refractivity contribution in [3.05, 3.63) is 59.4 Å².